The van der Waals surface area contributed by atoms with Crippen LogP contribution in [0.2, 0.25) is 0 Å². The predicted octanol–water partition coefficient (Wildman–Crippen LogP) is 0.920. The van der Waals surface area contributed by atoms with Crippen molar-refractivity contribution in [2.45, 2.75) is 12.6 Å². The van der Waals surface area contributed by atoms with Crippen molar-refractivity contribution in [1.29, 1.82) is 0 Å². The first-order chi connectivity index (χ1) is 8.18. The number of imidazole rings is 1. The van der Waals surface area contributed by atoms with Gasteiger partial charge in [-0.2, -0.15) is 0 Å². The minimum absolute atomic E-state index is 0.0837. The van der Waals surface area contributed by atoms with E-state index in [0.29, 0.717) is 5.56 Å². The molecule has 1 atom stereocenters. The normalized spacial score (nSPS) is 12.3. The van der Waals surface area contributed by atoms with Crippen LogP contribution >= 0.6 is 0 Å². The molecule has 0 amide bonds. The predicted molar refractivity (Wildman–Crippen MR) is 58.1 cm³/mol. The van der Waals surface area contributed by atoms with E-state index >= 15 is 0 Å². The minimum atomic E-state index is -0.828. The number of nitro groups is 1. The number of rotatable bonds is 4. The number of hydrogen-bond acceptors (Lipinski definition) is 5. The number of hydrogen-bond donors (Lipinski definition) is 1. The molecule has 0 saturated heterocycles. The van der Waals surface area contributed by atoms with Gasteiger partial charge in [0.15, 0.2) is 0 Å². The topological polar surface area (TPSA) is 94.1 Å². The molecule has 0 aliphatic carbocycles. The average Bonchev–Trinajstić information content (AvgIpc) is 2.78. The van der Waals surface area contributed by atoms with Gasteiger partial charge in [0.1, 0.15) is 25.0 Å². The summed E-state index contributed by atoms with van der Waals surface area (Å²) in [5.41, 5.74) is 0.656. The lowest BCUT2D eigenvalue weighted by Crippen LogP contribution is -2.10. The van der Waals surface area contributed by atoms with Crippen LogP contribution in [0.3, 0.4) is 0 Å². The molecule has 0 saturated carbocycles. The van der Waals surface area contributed by atoms with Crippen molar-refractivity contribution in [2.75, 3.05) is 0 Å². The lowest BCUT2D eigenvalue weighted by Gasteiger charge is -2.09. The smallest absolute Gasteiger partial charge is 0.390 e. The van der Waals surface area contributed by atoms with Crippen LogP contribution < -0.4 is 0 Å². The molecule has 0 bridgehead atoms. The third-order valence-electron chi connectivity index (χ3n) is 2.32. The molecule has 0 aliphatic heterocycles. The zero-order valence-electron chi connectivity index (χ0n) is 8.80. The molecular formula is C10H10N4O3. The molecule has 7 heteroatoms. The fourth-order valence-corrected chi connectivity index (χ4v) is 1.49. The second-order valence-corrected chi connectivity index (χ2v) is 3.43. The van der Waals surface area contributed by atoms with E-state index in [9.17, 15) is 15.2 Å². The zero-order chi connectivity index (χ0) is 12.3. The van der Waals surface area contributed by atoms with Crippen molar-refractivity contribution in [3.8, 4) is 0 Å². The van der Waals surface area contributed by atoms with Crippen molar-refractivity contribution in [3.05, 3.63) is 52.6 Å². The summed E-state index contributed by atoms with van der Waals surface area (Å²) in [7, 11) is 0. The fraction of sp³-hybridized carbons (Fsp3) is 0.200. The Hall–Kier alpha value is -2.28. The van der Waals surface area contributed by atoms with E-state index in [1.165, 1.54) is 17.0 Å². The van der Waals surface area contributed by atoms with Crippen LogP contribution in [0.4, 0.5) is 5.95 Å². The molecule has 17 heavy (non-hydrogen) atoms. The Balaban J connectivity index is 2.16. The van der Waals surface area contributed by atoms with Crippen LogP contribution in [-0.2, 0) is 6.54 Å². The molecular weight excluding hydrogens is 224 g/mol. The number of nitrogens with zero attached hydrogens (tertiary/aromatic N) is 4. The molecule has 2 heterocycles. The molecule has 0 aliphatic rings. The highest BCUT2D eigenvalue weighted by atomic mass is 16.6. The van der Waals surface area contributed by atoms with Crippen molar-refractivity contribution >= 4 is 5.95 Å². The second kappa shape index (κ2) is 4.71. The van der Waals surface area contributed by atoms with Crippen LogP contribution in [-0.4, -0.2) is 24.6 Å². The number of aromatic nitrogens is 3. The summed E-state index contributed by atoms with van der Waals surface area (Å²) in [5.74, 6) is -0.280. The second-order valence-electron chi connectivity index (χ2n) is 3.43. The van der Waals surface area contributed by atoms with Gasteiger partial charge in [-0.05, 0) is 22.6 Å². The van der Waals surface area contributed by atoms with Crippen LogP contribution in [0.1, 0.15) is 11.7 Å². The lowest BCUT2D eigenvalue weighted by atomic mass is 10.1. The average molecular weight is 234 g/mol. The zero-order valence-corrected chi connectivity index (χ0v) is 8.80. The molecule has 0 spiro atoms. The van der Waals surface area contributed by atoms with E-state index in [-0.39, 0.29) is 12.5 Å². The van der Waals surface area contributed by atoms with Gasteiger partial charge in [0.2, 0.25) is 0 Å². The van der Waals surface area contributed by atoms with E-state index in [4.69, 9.17) is 0 Å². The van der Waals surface area contributed by atoms with Gasteiger partial charge in [0.25, 0.3) is 0 Å². The standard InChI is InChI=1S/C10H10N4O3/c15-9(8-1-3-11-4-2-8)7-13-6-5-12-10(13)14(16)17/h1-6,9,15H,7H2. The van der Waals surface area contributed by atoms with Crippen LogP contribution in [0, 0.1) is 10.1 Å². The van der Waals surface area contributed by atoms with E-state index in [0.717, 1.165) is 0 Å². The van der Waals surface area contributed by atoms with Gasteiger partial charge in [0, 0.05) is 12.4 Å². The number of aliphatic hydroxyl groups excluding tert-OH is 1. The van der Waals surface area contributed by atoms with Gasteiger partial charge in [-0.1, -0.05) is 4.98 Å². The van der Waals surface area contributed by atoms with Crippen molar-refractivity contribution < 1.29 is 10.0 Å². The summed E-state index contributed by atoms with van der Waals surface area (Å²) >= 11 is 0. The highest BCUT2D eigenvalue weighted by Crippen LogP contribution is 2.17. The van der Waals surface area contributed by atoms with Gasteiger partial charge in [-0.25, -0.2) is 4.57 Å². The summed E-state index contributed by atoms with van der Waals surface area (Å²) in [5, 5.41) is 20.5. The van der Waals surface area contributed by atoms with Gasteiger partial charge < -0.3 is 15.2 Å². The summed E-state index contributed by atoms with van der Waals surface area (Å²) in [6.07, 6.45) is 5.08. The maximum Gasteiger partial charge on any atom is 0.434 e. The van der Waals surface area contributed by atoms with E-state index in [1.54, 1.807) is 24.5 Å². The molecule has 0 fully saturated rings. The molecule has 7 nitrogen and oxygen atoms in total. The van der Waals surface area contributed by atoms with E-state index < -0.39 is 11.0 Å². The molecule has 2 aromatic rings. The van der Waals surface area contributed by atoms with Crippen molar-refractivity contribution in [3.63, 3.8) is 0 Å². The largest absolute Gasteiger partial charge is 0.434 e. The monoisotopic (exact) mass is 234 g/mol. The van der Waals surface area contributed by atoms with Gasteiger partial charge in [-0.15, -0.1) is 0 Å². The van der Waals surface area contributed by atoms with Gasteiger partial charge in [-0.3, -0.25) is 4.98 Å². The third-order valence-corrected chi connectivity index (χ3v) is 2.32. The molecule has 0 radical (unpaired) electrons. The summed E-state index contributed by atoms with van der Waals surface area (Å²) in [4.78, 5) is 17.5. The summed E-state index contributed by atoms with van der Waals surface area (Å²) in [6.45, 7) is 0.0837. The first kappa shape index (κ1) is 11.2. The Morgan fingerprint density at radius 3 is 2.76 bits per heavy atom. The fourth-order valence-electron chi connectivity index (χ4n) is 1.49. The Morgan fingerprint density at radius 1 is 1.41 bits per heavy atom. The van der Waals surface area contributed by atoms with Crippen LogP contribution in [0.5, 0.6) is 0 Å². The maximum absolute atomic E-state index is 10.6. The first-order valence-electron chi connectivity index (χ1n) is 4.92. The van der Waals surface area contributed by atoms with Gasteiger partial charge in [0.05, 0.1) is 0 Å². The highest BCUT2D eigenvalue weighted by molar-refractivity contribution is 5.14. The van der Waals surface area contributed by atoms with Crippen LogP contribution in [0.15, 0.2) is 36.9 Å². The van der Waals surface area contributed by atoms with Gasteiger partial charge >= 0.3 is 5.95 Å². The highest BCUT2D eigenvalue weighted by Gasteiger charge is 2.18. The SMILES string of the molecule is O=[N+]([O-])c1nccn1CC(O)c1ccncc1. The Bertz CT molecular complexity index is 511. The maximum atomic E-state index is 10.6. The third kappa shape index (κ3) is 2.45. The molecule has 1 N–H and O–H groups in total. The molecule has 1 unspecified atom stereocenters. The van der Waals surface area contributed by atoms with Crippen LogP contribution in [0.25, 0.3) is 0 Å². The molecule has 88 valence electrons. The molecule has 0 aromatic carbocycles. The Kier molecular flexibility index (Phi) is 3.10. The van der Waals surface area contributed by atoms with E-state index in [1.807, 2.05) is 0 Å². The lowest BCUT2D eigenvalue weighted by molar-refractivity contribution is -0.397. The number of pyridine rings is 1. The quantitative estimate of drug-likeness (QED) is 0.627. The van der Waals surface area contributed by atoms with E-state index in [2.05, 4.69) is 9.97 Å². The van der Waals surface area contributed by atoms with Crippen molar-refractivity contribution in [2.24, 2.45) is 0 Å². The Labute approximate surface area is 96.5 Å². The molecule has 2 aromatic heterocycles. The summed E-state index contributed by atoms with van der Waals surface area (Å²) in [6, 6.07) is 3.32. The summed E-state index contributed by atoms with van der Waals surface area (Å²) < 4.78 is 1.30. The minimum Gasteiger partial charge on any atom is -0.390 e. The first-order valence-corrected chi connectivity index (χ1v) is 4.92. The Morgan fingerprint density at radius 2 is 2.12 bits per heavy atom. The number of aliphatic hydroxyl groups is 1. The van der Waals surface area contributed by atoms with Crippen molar-refractivity contribution in [1.82, 2.24) is 14.5 Å². The molecule has 2 rings (SSSR count).